The molecular weight excluding hydrogens is 211 g/mol. The molecule has 1 aromatic heterocycles. The van der Waals surface area contributed by atoms with Gasteiger partial charge < -0.3 is 10.6 Å². The average Bonchev–Trinajstić information content (AvgIpc) is 2.77. The third-order valence-corrected chi connectivity index (χ3v) is 2.26. The van der Waals surface area contributed by atoms with Crippen LogP contribution < -0.4 is 5.73 Å². The summed E-state index contributed by atoms with van der Waals surface area (Å²) in [6.45, 7) is 4.49. The van der Waals surface area contributed by atoms with E-state index < -0.39 is 11.7 Å². The van der Waals surface area contributed by atoms with Crippen LogP contribution in [0.3, 0.4) is 0 Å². The van der Waals surface area contributed by atoms with Gasteiger partial charge in [0.1, 0.15) is 0 Å². The van der Waals surface area contributed by atoms with Crippen LogP contribution in [0.4, 0.5) is 4.39 Å². The first-order valence-electron chi connectivity index (χ1n) is 4.90. The number of rotatable bonds is 1. The predicted molar refractivity (Wildman–Crippen MR) is 58.0 cm³/mol. The van der Waals surface area contributed by atoms with Crippen LogP contribution in [0, 0.1) is 0 Å². The molecule has 0 fully saturated rings. The lowest BCUT2D eigenvalue weighted by atomic mass is 10.3. The van der Waals surface area contributed by atoms with Gasteiger partial charge in [-0.2, -0.15) is 5.10 Å². The molecule has 5 nitrogen and oxygen atoms in total. The zero-order valence-corrected chi connectivity index (χ0v) is 9.19. The first-order chi connectivity index (χ1) is 7.68. The molecule has 1 amide bonds. The molecule has 0 unspecified atom stereocenters. The van der Waals surface area contributed by atoms with Crippen LogP contribution in [-0.2, 0) is 17.9 Å². The maximum atomic E-state index is 12.6. The maximum absolute atomic E-state index is 12.6. The summed E-state index contributed by atoms with van der Waals surface area (Å²) in [6.07, 6.45) is 1.67. The summed E-state index contributed by atoms with van der Waals surface area (Å²) in [5.41, 5.74) is 5.42. The maximum Gasteiger partial charge on any atom is 0.282 e. The molecule has 2 N–H and O–H groups in total. The van der Waals surface area contributed by atoms with Crippen LogP contribution in [0.2, 0.25) is 0 Å². The van der Waals surface area contributed by atoms with Gasteiger partial charge in [-0.1, -0.05) is 6.58 Å². The van der Waals surface area contributed by atoms with Gasteiger partial charge in [0.2, 0.25) is 0 Å². The largest absolute Gasteiger partial charge is 0.333 e. The number of halogens is 1. The quantitative estimate of drug-likeness (QED) is 0.700. The Morgan fingerprint density at radius 3 is 2.88 bits per heavy atom. The van der Waals surface area contributed by atoms with Gasteiger partial charge in [0, 0.05) is 12.7 Å². The van der Waals surface area contributed by atoms with Gasteiger partial charge >= 0.3 is 0 Å². The number of carbonyl (C=O) groups excluding carboxylic acids is 1. The zero-order valence-electron chi connectivity index (χ0n) is 9.19. The summed E-state index contributed by atoms with van der Waals surface area (Å²) < 4.78 is 14.4. The van der Waals surface area contributed by atoms with Crippen LogP contribution >= 0.6 is 0 Å². The van der Waals surface area contributed by atoms with Crippen molar-refractivity contribution >= 4 is 5.91 Å². The summed E-state index contributed by atoms with van der Waals surface area (Å²) in [5, 5.41) is 4.06. The molecule has 2 rings (SSSR count). The number of nitrogens with zero attached hydrogens (tertiary/aromatic N) is 3. The van der Waals surface area contributed by atoms with Gasteiger partial charge in [-0.05, 0) is 13.1 Å². The Balaban J connectivity index is 0.000000606. The number of nitrogens with two attached hydrogens (primary N) is 1. The molecule has 1 aliphatic heterocycles. The molecule has 16 heavy (non-hydrogen) atoms. The first-order valence-corrected chi connectivity index (χ1v) is 4.90. The number of fused-ring (bicyclic) bond motifs is 1. The fourth-order valence-corrected chi connectivity index (χ4v) is 1.53. The number of hydrogen-bond donors (Lipinski definition) is 1. The van der Waals surface area contributed by atoms with Gasteiger partial charge in [0.05, 0.1) is 18.8 Å². The second kappa shape index (κ2) is 5.41. The Hall–Kier alpha value is -1.69. The molecule has 0 radical (unpaired) electrons. The minimum atomic E-state index is -0.905. The minimum Gasteiger partial charge on any atom is -0.333 e. The van der Waals surface area contributed by atoms with Gasteiger partial charge in [-0.25, -0.2) is 4.39 Å². The van der Waals surface area contributed by atoms with Crippen LogP contribution in [0.5, 0.6) is 0 Å². The molecule has 2 heterocycles. The second-order valence-electron chi connectivity index (χ2n) is 3.18. The highest BCUT2D eigenvalue weighted by Crippen LogP contribution is 2.13. The summed E-state index contributed by atoms with van der Waals surface area (Å²) in [4.78, 5) is 12.7. The molecule has 1 aromatic rings. The Labute approximate surface area is 93.3 Å². The number of amides is 1. The van der Waals surface area contributed by atoms with Crippen LogP contribution in [0.15, 0.2) is 24.7 Å². The Morgan fingerprint density at radius 1 is 1.56 bits per heavy atom. The fraction of sp³-hybridized carbons (Fsp3) is 0.400. The predicted octanol–water partition coefficient (Wildman–Crippen LogP) is 0.283. The van der Waals surface area contributed by atoms with E-state index in [-0.39, 0.29) is 0 Å². The van der Waals surface area contributed by atoms with E-state index in [1.54, 1.807) is 6.20 Å². The lowest BCUT2D eigenvalue weighted by molar-refractivity contribution is -0.130. The number of carbonyl (C=O) groups is 1. The van der Waals surface area contributed by atoms with Gasteiger partial charge in [-0.15, -0.1) is 0 Å². The van der Waals surface area contributed by atoms with Crippen LogP contribution in [-0.4, -0.2) is 34.2 Å². The molecule has 0 bridgehead atoms. The molecule has 0 spiro atoms. The summed E-state index contributed by atoms with van der Waals surface area (Å²) in [7, 11) is 1.50. The highest BCUT2D eigenvalue weighted by molar-refractivity contribution is 5.90. The van der Waals surface area contributed by atoms with E-state index in [1.165, 1.54) is 11.9 Å². The molecule has 0 aromatic carbocycles. The smallest absolute Gasteiger partial charge is 0.282 e. The third-order valence-electron chi connectivity index (χ3n) is 2.26. The van der Waals surface area contributed by atoms with Crippen molar-refractivity contribution in [2.24, 2.45) is 5.73 Å². The summed E-state index contributed by atoms with van der Waals surface area (Å²) in [6, 6.07) is 1.82. The summed E-state index contributed by atoms with van der Waals surface area (Å²) in [5.74, 6) is -1.53. The fourth-order valence-electron chi connectivity index (χ4n) is 1.53. The monoisotopic (exact) mass is 226 g/mol. The van der Waals surface area contributed by atoms with Crippen molar-refractivity contribution in [1.82, 2.24) is 14.7 Å². The zero-order chi connectivity index (χ0) is 12.1. The van der Waals surface area contributed by atoms with Gasteiger partial charge in [0.15, 0.2) is 5.83 Å². The number of hydrogen-bond acceptors (Lipinski definition) is 3. The molecule has 0 saturated heterocycles. The van der Waals surface area contributed by atoms with Crippen molar-refractivity contribution in [3.63, 3.8) is 0 Å². The van der Waals surface area contributed by atoms with Gasteiger partial charge in [-0.3, -0.25) is 9.48 Å². The van der Waals surface area contributed by atoms with E-state index in [4.69, 9.17) is 0 Å². The van der Waals surface area contributed by atoms with E-state index in [2.05, 4.69) is 17.4 Å². The van der Waals surface area contributed by atoms with E-state index in [9.17, 15) is 9.18 Å². The van der Waals surface area contributed by atoms with Crippen molar-refractivity contribution in [3.05, 3.63) is 30.4 Å². The topological polar surface area (TPSA) is 64.2 Å². The number of aromatic nitrogens is 2. The molecular formula is C10H15FN4O. The van der Waals surface area contributed by atoms with Crippen molar-refractivity contribution < 1.29 is 9.18 Å². The molecule has 6 heteroatoms. The van der Waals surface area contributed by atoms with Crippen molar-refractivity contribution in [2.45, 2.75) is 13.1 Å². The van der Waals surface area contributed by atoms with Crippen LogP contribution in [0.1, 0.15) is 5.69 Å². The lowest BCUT2D eigenvalue weighted by Gasteiger charge is -2.26. The Morgan fingerprint density at radius 2 is 2.25 bits per heavy atom. The van der Waals surface area contributed by atoms with E-state index in [0.29, 0.717) is 19.6 Å². The van der Waals surface area contributed by atoms with Crippen molar-refractivity contribution in [3.8, 4) is 0 Å². The highest BCUT2D eigenvalue weighted by atomic mass is 19.1. The van der Waals surface area contributed by atoms with Crippen molar-refractivity contribution in [2.75, 3.05) is 13.6 Å². The SMILES string of the molecule is C=C(F)C(=O)N1CCn2nccc2C1.CN. The molecule has 88 valence electrons. The molecule has 0 saturated carbocycles. The standard InChI is InChI=1S/C9H10FN3O.CH5N/c1-7(10)9(14)12-4-5-13-8(6-12)2-3-11-13;1-2/h2-3H,1,4-6H2;2H2,1H3. The lowest BCUT2D eigenvalue weighted by Crippen LogP contribution is -2.38. The van der Waals surface area contributed by atoms with Crippen molar-refractivity contribution in [1.29, 1.82) is 0 Å². The second-order valence-corrected chi connectivity index (χ2v) is 3.18. The highest BCUT2D eigenvalue weighted by Gasteiger charge is 2.22. The minimum absolute atomic E-state index is 0.405. The Bertz CT molecular complexity index is 388. The van der Waals surface area contributed by atoms with E-state index in [0.717, 1.165) is 5.69 Å². The average molecular weight is 226 g/mol. The molecule has 0 aliphatic carbocycles. The van der Waals surface area contributed by atoms with E-state index in [1.807, 2.05) is 10.7 Å². The third kappa shape index (κ3) is 2.46. The molecule has 1 aliphatic rings. The normalized spacial score (nSPS) is 13.6. The first kappa shape index (κ1) is 12.4. The Kier molecular flexibility index (Phi) is 4.19. The van der Waals surface area contributed by atoms with Crippen LogP contribution in [0.25, 0.3) is 0 Å². The van der Waals surface area contributed by atoms with Gasteiger partial charge in [0.25, 0.3) is 5.91 Å². The molecule has 0 atom stereocenters. The van der Waals surface area contributed by atoms with E-state index >= 15 is 0 Å². The summed E-state index contributed by atoms with van der Waals surface area (Å²) >= 11 is 0.